The summed E-state index contributed by atoms with van der Waals surface area (Å²) in [4.78, 5) is 6.65. The van der Waals surface area contributed by atoms with Crippen LogP contribution in [0.3, 0.4) is 0 Å². The van der Waals surface area contributed by atoms with Crippen molar-refractivity contribution in [2.45, 2.75) is 44.8 Å². The van der Waals surface area contributed by atoms with E-state index in [4.69, 9.17) is 4.74 Å². The third-order valence-corrected chi connectivity index (χ3v) is 4.17. The van der Waals surface area contributed by atoms with Crippen LogP contribution in [0.15, 0.2) is 29.3 Å². The highest BCUT2D eigenvalue weighted by Gasteiger charge is 2.24. The van der Waals surface area contributed by atoms with Gasteiger partial charge < -0.3 is 9.64 Å². The van der Waals surface area contributed by atoms with Gasteiger partial charge in [-0.05, 0) is 43.2 Å². The largest absolute Gasteiger partial charge is 0.462 e. The van der Waals surface area contributed by atoms with Gasteiger partial charge in [-0.2, -0.15) is 0 Å². The molecule has 3 rings (SSSR count). The minimum absolute atomic E-state index is 0.385. The fourth-order valence-corrected chi connectivity index (χ4v) is 3.08. The Morgan fingerprint density at radius 1 is 1.21 bits per heavy atom. The molecule has 1 saturated carbocycles. The highest BCUT2D eigenvalue weighted by Crippen LogP contribution is 2.24. The fraction of sp³-hybridized carbons (Fsp3) is 0.562. The molecule has 0 radical (unpaired) electrons. The van der Waals surface area contributed by atoms with Gasteiger partial charge in [-0.3, -0.25) is 0 Å². The Balaban J connectivity index is 1.68. The van der Waals surface area contributed by atoms with Crippen LogP contribution < -0.4 is 0 Å². The summed E-state index contributed by atoms with van der Waals surface area (Å²) in [6, 6.07) is 9.51. The van der Waals surface area contributed by atoms with Crippen molar-refractivity contribution in [1.82, 2.24) is 4.90 Å². The number of amidine groups is 1. The maximum atomic E-state index is 6.09. The molecular weight excluding hydrogens is 236 g/mol. The number of rotatable bonds is 1. The second kappa shape index (κ2) is 5.64. The molecule has 0 N–H and O–H groups in total. The van der Waals surface area contributed by atoms with Crippen LogP contribution in [0.4, 0.5) is 0 Å². The smallest absolute Gasteiger partial charge is 0.287 e. The van der Waals surface area contributed by atoms with Crippen LogP contribution in [0.25, 0.3) is 0 Å². The van der Waals surface area contributed by atoms with Crippen molar-refractivity contribution >= 4 is 6.02 Å². The summed E-state index contributed by atoms with van der Waals surface area (Å²) in [7, 11) is 1.84. The van der Waals surface area contributed by atoms with Gasteiger partial charge in [-0.25, -0.2) is 4.99 Å². The van der Waals surface area contributed by atoms with E-state index in [2.05, 4.69) is 34.2 Å². The molecule has 1 aromatic rings. The summed E-state index contributed by atoms with van der Waals surface area (Å²) < 4.78 is 6.09. The van der Waals surface area contributed by atoms with E-state index in [0.29, 0.717) is 6.10 Å². The quantitative estimate of drug-likeness (QED) is 0.571. The van der Waals surface area contributed by atoms with Crippen molar-refractivity contribution in [3.05, 3.63) is 35.4 Å². The first kappa shape index (κ1) is 12.5. The van der Waals surface area contributed by atoms with Crippen molar-refractivity contribution < 1.29 is 4.74 Å². The second-order valence-corrected chi connectivity index (χ2v) is 5.47. The van der Waals surface area contributed by atoms with Crippen molar-refractivity contribution in [1.29, 1.82) is 0 Å². The zero-order valence-corrected chi connectivity index (χ0v) is 11.6. The topological polar surface area (TPSA) is 24.8 Å². The standard InChI is InChI=1S/C16H22N2O/c1-17-16(19-15-8-4-5-9-15)18-11-10-13-6-2-3-7-14(13)12-18/h2-3,6-7,15H,4-5,8-12H2,1H3. The molecule has 0 amide bonds. The van der Waals surface area contributed by atoms with Crippen LogP contribution in [-0.4, -0.2) is 30.6 Å². The molecule has 0 unspecified atom stereocenters. The molecule has 0 spiro atoms. The van der Waals surface area contributed by atoms with E-state index in [0.717, 1.165) is 25.5 Å². The van der Waals surface area contributed by atoms with Crippen molar-refractivity contribution in [3.8, 4) is 0 Å². The fourth-order valence-electron chi connectivity index (χ4n) is 3.08. The Hall–Kier alpha value is -1.51. The first-order valence-corrected chi connectivity index (χ1v) is 7.32. The monoisotopic (exact) mass is 258 g/mol. The van der Waals surface area contributed by atoms with Gasteiger partial charge >= 0.3 is 0 Å². The lowest BCUT2D eigenvalue weighted by Crippen LogP contribution is -2.38. The summed E-state index contributed by atoms with van der Waals surface area (Å²) in [5.74, 6) is 0. The Morgan fingerprint density at radius 2 is 1.95 bits per heavy atom. The molecule has 1 heterocycles. The summed E-state index contributed by atoms with van der Waals surface area (Å²) in [6.07, 6.45) is 6.43. The molecule has 102 valence electrons. The van der Waals surface area contributed by atoms with Gasteiger partial charge in [0, 0.05) is 20.1 Å². The first-order valence-electron chi connectivity index (χ1n) is 7.32. The number of fused-ring (bicyclic) bond motifs is 1. The number of benzene rings is 1. The summed E-state index contributed by atoms with van der Waals surface area (Å²) in [5.41, 5.74) is 2.87. The van der Waals surface area contributed by atoms with Crippen LogP contribution in [-0.2, 0) is 17.7 Å². The molecule has 1 aliphatic heterocycles. The van der Waals surface area contributed by atoms with Gasteiger partial charge in [0.15, 0.2) is 0 Å². The van der Waals surface area contributed by atoms with Gasteiger partial charge in [-0.15, -0.1) is 0 Å². The molecule has 0 bridgehead atoms. The maximum absolute atomic E-state index is 6.09. The Kier molecular flexibility index (Phi) is 3.72. The van der Waals surface area contributed by atoms with E-state index in [1.54, 1.807) is 0 Å². The summed E-state index contributed by atoms with van der Waals surface area (Å²) in [6.45, 7) is 1.94. The average molecular weight is 258 g/mol. The molecular formula is C16H22N2O. The summed E-state index contributed by atoms with van der Waals surface area (Å²) >= 11 is 0. The van der Waals surface area contributed by atoms with E-state index in [9.17, 15) is 0 Å². The Labute approximate surface area is 115 Å². The van der Waals surface area contributed by atoms with Gasteiger partial charge in [0.1, 0.15) is 6.10 Å². The normalized spacial score (nSPS) is 20.5. The number of ether oxygens (including phenoxy) is 1. The van der Waals surface area contributed by atoms with Gasteiger partial charge in [0.25, 0.3) is 6.02 Å². The lowest BCUT2D eigenvalue weighted by molar-refractivity contribution is 0.148. The predicted octanol–water partition coefficient (Wildman–Crippen LogP) is 2.99. The number of aliphatic imine (C=N–C) groups is 1. The van der Waals surface area contributed by atoms with Crippen molar-refractivity contribution in [3.63, 3.8) is 0 Å². The van der Waals surface area contributed by atoms with Crippen LogP contribution >= 0.6 is 0 Å². The second-order valence-electron chi connectivity index (χ2n) is 5.47. The lowest BCUT2D eigenvalue weighted by atomic mass is 10.0. The molecule has 2 aliphatic rings. The zero-order valence-electron chi connectivity index (χ0n) is 11.6. The third kappa shape index (κ3) is 2.75. The van der Waals surface area contributed by atoms with Gasteiger partial charge in [0.05, 0.1) is 0 Å². The van der Waals surface area contributed by atoms with E-state index in [-0.39, 0.29) is 0 Å². The number of hydrogen-bond donors (Lipinski definition) is 0. The van der Waals surface area contributed by atoms with E-state index in [1.165, 1.54) is 36.8 Å². The zero-order chi connectivity index (χ0) is 13.1. The van der Waals surface area contributed by atoms with Gasteiger partial charge in [-0.1, -0.05) is 24.3 Å². The molecule has 3 heteroatoms. The Morgan fingerprint density at radius 3 is 2.68 bits per heavy atom. The number of hydrogen-bond acceptors (Lipinski definition) is 2. The van der Waals surface area contributed by atoms with E-state index < -0.39 is 0 Å². The summed E-state index contributed by atoms with van der Waals surface area (Å²) in [5, 5.41) is 0. The third-order valence-electron chi connectivity index (χ3n) is 4.17. The molecule has 1 aromatic carbocycles. The minimum atomic E-state index is 0.385. The van der Waals surface area contributed by atoms with Crippen molar-refractivity contribution in [2.75, 3.05) is 13.6 Å². The molecule has 19 heavy (non-hydrogen) atoms. The maximum Gasteiger partial charge on any atom is 0.287 e. The number of nitrogens with zero attached hydrogens (tertiary/aromatic N) is 2. The first-order chi connectivity index (χ1) is 9.36. The lowest BCUT2D eigenvalue weighted by Gasteiger charge is -2.31. The highest BCUT2D eigenvalue weighted by molar-refractivity contribution is 5.74. The minimum Gasteiger partial charge on any atom is -0.462 e. The molecule has 1 aliphatic carbocycles. The van der Waals surface area contributed by atoms with Gasteiger partial charge in [0.2, 0.25) is 0 Å². The molecule has 0 atom stereocenters. The van der Waals surface area contributed by atoms with Crippen LogP contribution in [0, 0.1) is 0 Å². The van der Waals surface area contributed by atoms with Crippen LogP contribution in [0.2, 0.25) is 0 Å². The Bertz CT molecular complexity index is 464. The van der Waals surface area contributed by atoms with Crippen molar-refractivity contribution in [2.24, 2.45) is 4.99 Å². The molecule has 0 aromatic heterocycles. The SMILES string of the molecule is CN=C(OC1CCCC1)N1CCc2ccccc2C1. The molecule has 3 nitrogen and oxygen atoms in total. The predicted molar refractivity (Wildman–Crippen MR) is 77.3 cm³/mol. The molecule has 0 saturated heterocycles. The van der Waals surface area contributed by atoms with E-state index >= 15 is 0 Å². The van der Waals surface area contributed by atoms with Crippen LogP contribution in [0.5, 0.6) is 0 Å². The molecule has 1 fully saturated rings. The average Bonchev–Trinajstić information content (AvgIpc) is 2.97. The van der Waals surface area contributed by atoms with E-state index in [1.807, 2.05) is 7.05 Å². The van der Waals surface area contributed by atoms with Crippen LogP contribution in [0.1, 0.15) is 36.8 Å². The highest BCUT2D eigenvalue weighted by atomic mass is 16.5.